The van der Waals surface area contributed by atoms with E-state index >= 15 is 0 Å². The van der Waals surface area contributed by atoms with Gasteiger partial charge in [-0.2, -0.15) is 22.7 Å². The molecule has 140 valence electrons. The number of hydrogen-bond donors (Lipinski definition) is 1. The van der Waals surface area contributed by atoms with Gasteiger partial charge in [-0.05, 0) is 26.2 Å². The molecular formula is C17H24N6O2S. The molecule has 0 amide bonds. The highest BCUT2D eigenvalue weighted by atomic mass is 32.2. The molecule has 1 aliphatic carbocycles. The van der Waals surface area contributed by atoms with E-state index in [-0.39, 0.29) is 24.5 Å². The van der Waals surface area contributed by atoms with E-state index < -0.39 is 10.2 Å². The zero-order chi connectivity index (χ0) is 18.9. The van der Waals surface area contributed by atoms with E-state index in [1.165, 1.54) is 10.6 Å². The van der Waals surface area contributed by atoms with E-state index in [4.69, 9.17) is 5.26 Å². The molecule has 1 saturated carbocycles. The van der Waals surface area contributed by atoms with Crippen LogP contribution < -0.4 is 9.62 Å². The molecule has 0 radical (unpaired) electrons. The van der Waals surface area contributed by atoms with E-state index in [1.54, 1.807) is 6.08 Å². The van der Waals surface area contributed by atoms with Crippen molar-refractivity contribution in [3.05, 3.63) is 24.2 Å². The summed E-state index contributed by atoms with van der Waals surface area (Å²) in [6, 6.07) is 2.26. The van der Waals surface area contributed by atoms with Gasteiger partial charge in [0.2, 0.25) is 0 Å². The average Bonchev–Trinajstić information content (AvgIpc) is 3.07. The number of hydrogen-bond acceptors (Lipinski definition) is 6. The number of aromatic nitrogens is 2. The minimum atomic E-state index is -3.52. The summed E-state index contributed by atoms with van der Waals surface area (Å²) in [7, 11) is -1.56. The standard InChI is InChI=1S/C17H24N6O2S/c1-4-16-12(2)19-11-20-17(16)22(3)15-7-14(8-15)21-26(24,25)23-6-5-13(9-18)10-23/h4,11,13-15,21H,1,5-8,10H2,2-3H3. The van der Waals surface area contributed by atoms with Gasteiger partial charge in [0.1, 0.15) is 12.1 Å². The molecular weight excluding hydrogens is 352 g/mol. The van der Waals surface area contributed by atoms with Crippen LogP contribution in [0.15, 0.2) is 12.9 Å². The predicted octanol–water partition coefficient (Wildman–Crippen LogP) is 1.08. The van der Waals surface area contributed by atoms with Gasteiger partial charge in [0.25, 0.3) is 10.2 Å². The highest BCUT2D eigenvalue weighted by Gasteiger charge is 2.39. The summed E-state index contributed by atoms with van der Waals surface area (Å²) in [5.41, 5.74) is 1.77. The van der Waals surface area contributed by atoms with Gasteiger partial charge in [0.05, 0.1) is 17.7 Å². The fourth-order valence-corrected chi connectivity index (χ4v) is 4.99. The lowest BCUT2D eigenvalue weighted by atomic mass is 9.86. The molecule has 2 fully saturated rings. The molecule has 3 rings (SSSR count). The second kappa shape index (κ2) is 7.31. The number of nitrogens with one attached hydrogen (secondary N) is 1. The van der Waals surface area contributed by atoms with Crippen LogP contribution >= 0.6 is 0 Å². The van der Waals surface area contributed by atoms with E-state index in [1.807, 2.05) is 14.0 Å². The van der Waals surface area contributed by atoms with Gasteiger partial charge in [0.15, 0.2) is 0 Å². The first kappa shape index (κ1) is 18.8. The van der Waals surface area contributed by atoms with Gasteiger partial charge in [-0.3, -0.25) is 0 Å². The summed E-state index contributed by atoms with van der Waals surface area (Å²) in [6.07, 6.45) is 5.31. The van der Waals surface area contributed by atoms with Gasteiger partial charge in [0, 0.05) is 37.8 Å². The average molecular weight is 376 g/mol. The quantitative estimate of drug-likeness (QED) is 0.797. The van der Waals surface area contributed by atoms with Crippen LogP contribution in [0.2, 0.25) is 0 Å². The van der Waals surface area contributed by atoms with Crippen molar-refractivity contribution in [2.45, 2.75) is 38.3 Å². The van der Waals surface area contributed by atoms with Crippen LogP contribution in [0.25, 0.3) is 6.08 Å². The van der Waals surface area contributed by atoms with E-state index in [2.05, 4.69) is 32.2 Å². The SMILES string of the molecule is C=Cc1c(C)ncnc1N(C)C1CC(NS(=O)(=O)N2CCC(C#N)C2)C1. The Kier molecular flexibility index (Phi) is 5.27. The van der Waals surface area contributed by atoms with E-state index in [0.29, 0.717) is 25.8 Å². The summed E-state index contributed by atoms with van der Waals surface area (Å²) in [5.74, 6) is 0.611. The molecule has 1 N–H and O–H groups in total. The third-order valence-electron chi connectivity index (χ3n) is 5.25. The molecule has 1 aromatic rings. The zero-order valence-corrected chi connectivity index (χ0v) is 15.9. The summed E-state index contributed by atoms with van der Waals surface area (Å²) < 4.78 is 29.0. The maximum atomic E-state index is 12.4. The van der Waals surface area contributed by atoms with E-state index in [0.717, 1.165) is 17.1 Å². The Balaban J connectivity index is 1.58. The topological polar surface area (TPSA) is 102 Å². The minimum absolute atomic E-state index is 0.0938. The Morgan fingerprint density at radius 2 is 2.19 bits per heavy atom. The van der Waals surface area contributed by atoms with Crippen LogP contribution in [0.3, 0.4) is 0 Å². The zero-order valence-electron chi connectivity index (χ0n) is 15.1. The molecule has 9 heteroatoms. The van der Waals surface area contributed by atoms with Gasteiger partial charge < -0.3 is 4.90 Å². The molecule has 0 bridgehead atoms. The second-order valence-electron chi connectivity index (χ2n) is 6.93. The molecule has 2 aliphatic rings. The third kappa shape index (κ3) is 3.58. The number of nitriles is 1. The summed E-state index contributed by atoms with van der Waals surface area (Å²) >= 11 is 0. The highest BCUT2D eigenvalue weighted by Crippen LogP contribution is 2.31. The second-order valence-corrected chi connectivity index (χ2v) is 8.63. The Labute approximate surface area is 154 Å². The van der Waals surface area contributed by atoms with Gasteiger partial charge >= 0.3 is 0 Å². The fourth-order valence-electron chi connectivity index (χ4n) is 3.50. The molecule has 8 nitrogen and oxygen atoms in total. The van der Waals surface area contributed by atoms with Crippen LogP contribution in [0.5, 0.6) is 0 Å². The molecule has 1 aromatic heterocycles. The lowest BCUT2D eigenvalue weighted by Gasteiger charge is -2.42. The number of rotatable bonds is 6. The third-order valence-corrected chi connectivity index (χ3v) is 6.89. The van der Waals surface area contributed by atoms with Crippen LogP contribution in [0, 0.1) is 24.2 Å². The van der Waals surface area contributed by atoms with Crippen molar-refractivity contribution in [3.63, 3.8) is 0 Å². The van der Waals surface area contributed by atoms with Crippen molar-refractivity contribution in [1.82, 2.24) is 19.0 Å². The molecule has 1 aliphatic heterocycles. The highest BCUT2D eigenvalue weighted by molar-refractivity contribution is 7.87. The first-order valence-electron chi connectivity index (χ1n) is 8.69. The summed E-state index contributed by atoms with van der Waals surface area (Å²) in [4.78, 5) is 10.6. The fraction of sp³-hybridized carbons (Fsp3) is 0.588. The van der Waals surface area contributed by atoms with E-state index in [9.17, 15) is 8.42 Å². The maximum absolute atomic E-state index is 12.4. The van der Waals surface area contributed by atoms with Gasteiger partial charge in [-0.25, -0.2) is 9.97 Å². The van der Waals surface area contributed by atoms with Crippen LogP contribution in [0.1, 0.15) is 30.5 Å². The van der Waals surface area contributed by atoms with Crippen molar-refractivity contribution >= 4 is 22.1 Å². The molecule has 0 spiro atoms. The minimum Gasteiger partial charge on any atom is -0.356 e. The van der Waals surface area contributed by atoms with Crippen LogP contribution in [-0.2, 0) is 10.2 Å². The summed E-state index contributed by atoms with van der Waals surface area (Å²) in [6.45, 7) is 6.44. The molecule has 0 aromatic carbocycles. The van der Waals surface area contributed by atoms with Gasteiger partial charge in [-0.15, -0.1) is 0 Å². The van der Waals surface area contributed by atoms with Gasteiger partial charge in [-0.1, -0.05) is 12.7 Å². The number of nitrogens with zero attached hydrogens (tertiary/aromatic N) is 5. The normalized spacial score (nSPS) is 26.1. The largest absolute Gasteiger partial charge is 0.356 e. The van der Waals surface area contributed by atoms with Crippen molar-refractivity contribution in [2.24, 2.45) is 5.92 Å². The Morgan fingerprint density at radius 1 is 1.46 bits per heavy atom. The first-order valence-corrected chi connectivity index (χ1v) is 10.1. The van der Waals surface area contributed by atoms with Crippen LogP contribution in [0.4, 0.5) is 5.82 Å². The summed E-state index contributed by atoms with van der Waals surface area (Å²) in [5, 5.41) is 8.94. The molecule has 1 atom stereocenters. The molecule has 1 unspecified atom stereocenters. The van der Waals surface area contributed by atoms with Crippen molar-refractivity contribution in [3.8, 4) is 6.07 Å². The monoisotopic (exact) mass is 376 g/mol. The molecule has 2 heterocycles. The number of aryl methyl sites for hydroxylation is 1. The first-order chi connectivity index (χ1) is 12.4. The van der Waals surface area contributed by atoms with Crippen molar-refractivity contribution in [2.75, 3.05) is 25.0 Å². The molecule has 1 saturated heterocycles. The van der Waals surface area contributed by atoms with Crippen LogP contribution in [-0.4, -0.2) is 54.9 Å². The predicted molar refractivity (Wildman–Crippen MR) is 99.4 cm³/mol. The number of anilines is 1. The molecule has 26 heavy (non-hydrogen) atoms. The van der Waals surface area contributed by atoms with Crippen molar-refractivity contribution < 1.29 is 8.42 Å². The Morgan fingerprint density at radius 3 is 2.81 bits per heavy atom. The maximum Gasteiger partial charge on any atom is 0.279 e. The van der Waals surface area contributed by atoms with Crippen molar-refractivity contribution in [1.29, 1.82) is 5.26 Å². The Hall–Kier alpha value is -2.02. The Bertz CT molecular complexity index is 828. The smallest absolute Gasteiger partial charge is 0.279 e. The lowest BCUT2D eigenvalue weighted by Crippen LogP contribution is -2.55. The lowest BCUT2D eigenvalue weighted by molar-refractivity contribution is 0.308.